The van der Waals surface area contributed by atoms with Gasteiger partial charge in [-0.05, 0) is 42.1 Å². The maximum Gasteiger partial charge on any atom is 0.207 e. The third-order valence-electron chi connectivity index (χ3n) is 3.23. The number of benzene rings is 1. The van der Waals surface area contributed by atoms with Crippen molar-refractivity contribution in [2.45, 2.75) is 25.9 Å². The molecule has 1 aromatic heterocycles. The Kier molecular flexibility index (Phi) is 3.59. The topological polar surface area (TPSA) is 29.0 Å². The molecule has 0 saturated carbocycles. The molecule has 1 aliphatic rings. The molecule has 3 rings (SSSR count). The smallest absolute Gasteiger partial charge is 0.207 e. The second-order valence-corrected chi connectivity index (χ2v) is 6.18. The van der Waals surface area contributed by atoms with Crippen LogP contribution in [0.2, 0.25) is 4.47 Å². The fourth-order valence-corrected chi connectivity index (χ4v) is 3.30. The van der Waals surface area contributed by atoms with Gasteiger partial charge in [0, 0.05) is 6.54 Å². The zero-order valence-corrected chi connectivity index (χ0v) is 11.5. The molecular weight excluding hydrogens is 266 g/mol. The first-order chi connectivity index (χ1) is 8.81. The van der Waals surface area contributed by atoms with Gasteiger partial charge in [-0.1, -0.05) is 35.6 Å². The number of rotatable bonds is 2. The van der Waals surface area contributed by atoms with Gasteiger partial charge in [0.05, 0.1) is 6.54 Å². The number of hydrogen-bond donors (Lipinski definition) is 0. The van der Waals surface area contributed by atoms with E-state index in [2.05, 4.69) is 39.4 Å². The van der Waals surface area contributed by atoms with Crippen molar-refractivity contribution in [2.75, 3.05) is 6.54 Å². The lowest BCUT2D eigenvalue weighted by atomic mass is 10.0. The van der Waals surface area contributed by atoms with Crippen molar-refractivity contribution in [2.24, 2.45) is 0 Å². The Balaban J connectivity index is 1.75. The van der Waals surface area contributed by atoms with E-state index in [1.54, 1.807) is 0 Å². The molecule has 0 N–H and O–H groups in total. The van der Waals surface area contributed by atoms with E-state index in [-0.39, 0.29) is 0 Å². The summed E-state index contributed by atoms with van der Waals surface area (Å²) in [5.74, 6) is 0. The van der Waals surface area contributed by atoms with Crippen molar-refractivity contribution in [3.63, 3.8) is 0 Å². The Morgan fingerprint density at radius 3 is 2.83 bits per heavy atom. The van der Waals surface area contributed by atoms with Gasteiger partial charge < -0.3 is 0 Å². The minimum atomic E-state index is 0.528. The maximum atomic E-state index is 5.82. The van der Waals surface area contributed by atoms with Gasteiger partial charge in [-0.3, -0.25) is 4.90 Å². The molecule has 94 valence electrons. The van der Waals surface area contributed by atoms with Crippen LogP contribution in [0.4, 0.5) is 0 Å². The zero-order valence-electron chi connectivity index (χ0n) is 9.97. The lowest BCUT2D eigenvalue weighted by Crippen LogP contribution is -2.22. The second kappa shape index (κ2) is 5.34. The van der Waals surface area contributed by atoms with Gasteiger partial charge >= 0.3 is 0 Å². The molecule has 3 nitrogen and oxygen atoms in total. The molecule has 0 aliphatic carbocycles. The highest BCUT2D eigenvalue weighted by atomic mass is 35.5. The largest absolute Gasteiger partial charge is 0.292 e. The Labute approximate surface area is 115 Å². The molecule has 2 heterocycles. The summed E-state index contributed by atoms with van der Waals surface area (Å²) in [6, 6.07) is 8.70. The molecular formula is C13H14ClN3S. The molecule has 18 heavy (non-hydrogen) atoms. The molecule has 5 heteroatoms. The van der Waals surface area contributed by atoms with Crippen LogP contribution in [-0.4, -0.2) is 21.6 Å². The van der Waals surface area contributed by atoms with E-state index in [4.69, 9.17) is 11.6 Å². The third kappa shape index (κ3) is 2.71. The Morgan fingerprint density at radius 2 is 2.06 bits per heavy atom. The van der Waals surface area contributed by atoms with Crippen LogP contribution < -0.4 is 0 Å². The molecule has 0 fully saturated rings. The van der Waals surface area contributed by atoms with Gasteiger partial charge in [0.25, 0.3) is 0 Å². The van der Waals surface area contributed by atoms with Crippen LogP contribution in [0.25, 0.3) is 0 Å². The van der Waals surface area contributed by atoms with Gasteiger partial charge in [0.1, 0.15) is 5.01 Å². The molecule has 0 spiro atoms. The fraction of sp³-hybridized carbons (Fsp3) is 0.385. The summed E-state index contributed by atoms with van der Waals surface area (Å²) in [4.78, 5) is 2.42. The molecule has 0 saturated heterocycles. The lowest BCUT2D eigenvalue weighted by molar-refractivity contribution is 0.260. The summed E-state index contributed by atoms with van der Waals surface area (Å²) < 4.78 is 0.528. The second-order valence-electron chi connectivity index (χ2n) is 4.53. The number of halogens is 1. The first-order valence-corrected chi connectivity index (χ1v) is 7.28. The molecule has 0 radical (unpaired) electrons. The first kappa shape index (κ1) is 12.1. The van der Waals surface area contributed by atoms with E-state index in [0.717, 1.165) is 24.6 Å². The number of aromatic nitrogens is 2. The fourth-order valence-electron chi connectivity index (χ4n) is 2.39. The predicted molar refractivity (Wildman–Crippen MR) is 73.8 cm³/mol. The number of hydrogen-bond acceptors (Lipinski definition) is 4. The molecule has 1 aromatic carbocycles. The van der Waals surface area contributed by atoms with Gasteiger partial charge in [0.2, 0.25) is 4.47 Å². The van der Waals surface area contributed by atoms with Crippen LogP contribution in [0.3, 0.4) is 0 Å². The quantitative estimate of drug-likeness (QED) is 0.846. The van der Waals surface area contributed by atoms with E-state index < -0.39 is 0 Å². The van der Waals surface area contributed by atoms with Crippen LogP contribution in [0.1, 0.15) is 22.6 Å². The highest BCUT2D eigenvalue weighted by Gasteiger charge is 2.15. The monoisotopic (exact) mass is 279 g/mol. The van der Waals surface area contributed by atoms with E-state index in [9.17, 15) is 0 Å². The van der Waals surface area contributed by atoms with Crippen molar-refractivity contribution in [1.29, 1.82) is 0 Å². The maximum absolute atomic E-state index is 5.82. The molecule has 2 aromatic rings. The van der Waals surface area contributed by atoms with Gasteiger partial charge in [-0.15, -0.1) is 10.2 Å². The van der Waals surface area contributed by atoms with Gasteiger partial charge in [0.15, 0.2) is 0 Å². The number of nitrogens with zero attached hydrogens (tertiary/aromatic N) is 3. The van der Waals surface area contributed by atoms with Crippen LogP contribution in [0.5, 0.6) is 0 Å². The Morgan fingerprint density at radius 1 is 1.22 bits per heavy atom. The molecule has 0 amide bonds. The standard InChI is InChI=1S/C13H14ClN3S/c14-13-16-15-12(18-13)9-17-7-3-6-10-4-1-2-5-11(10)8-17/h1-2,4-5H,3,6-9H2. The zero-order chi connectivity index (χ0) is 12.4. The average molecular weight is 280 g/mol. The normalized spacial score (nSPS) is 16.3. The highest BCUT2D eigenvalue weighted by Crippen LogP contribution is 2.22. The average Bonchev–Trinajstić information content (AvgIpc) is 2.66. The molecule has 0 bridgehead atoms. The van der Waals surface area contributed by atoms with Crippen LogP contribution >= 0.6 is 22.9 Å². The van der Waals surface area contributed by atoms with Crippen LogP contribution in [0.15, 0.2) is 24.3 Å². The summed E-state index contributed by atoms with van der Waals surface area (Å²) >= 11 is 7.29. The summed E-state index contributed by atoms with van der Waals surface area (Å²) in [6.07, 6.45) is 2.37. The molecule has 0 atom stereocenters. The summed E-state index contributed by atoms with van der Waals surface area (Å²) in [7, 11) is 0. The summed E-state index contributed by atoms with van der Waals surface area (Å²) in [5, 5.41) is 8.95. The number of aryl methyl sites for hydroxylation is 1. The third-order valence-corrected chi connectivity index (χ3v) is 4.24. The van der Waals surface area contributed by atoms with Gasteiger partial charge in [-0.2, -0.15) is 0 Å². The molecule has 1 aliphatic heterocycles. The van der Waals surface area contributed by atoms with Crippen LogP contribution in [0, 0.1) is 0 Å². The van der Waals surface area contributed by atoms with E-state index >= 15 is 0 Å². The van der Waals surface area contributed by atoms with Crippen molar-refractivity contribution in [1.82, 2.24) is 15.1 Å². The SMILES string of the molecule is Clc1nnc(CN2CCCc3ccccc3C2)s1. The first-order valence-electron chi connectivity index (χ1n) is 6.08. The molecule has 0 unspecified atom stereocenters. The van der Waals surface area contributed by atoms with E-state index in [1.807, 2.05) is 0 Å². The van der Waals surface area contributed by atoms with Gasteiger partial charge in [-0.25, -0.2) is 0 Å². The Hall–Kier alpha value is -0.970. The van der Waals surface area contributed by atoms with E-state index in [1.165, 1.54) is 35.3 Å². The minimum absolute atomic E-state index is 0.528. The highest BCUT2D eigenvalue weighted by molar-refractivity contribution is 7.15. The number of fused-ring (bicyclic) bond motifs is 1. The summed E-state index contributed by atoms with van der Waals surface area (Å²) in [6.45, 7) is 2.94. The van der Waals surface area contributed by atoms with Crippen molar-refractivity contribution < 1.29 is 0 Å². The Bertz CT molecular complexity index is 541. The van der Waals surface area contributed by atoms with E-state index in [0.29, 0.717) is 4.47 Å². The van der Waals surface area contributed by atoms with Crippen molar-refractivity contribution in [3.8, 4) is 0 Å². The lowest BCUT2D eigenvalue weighted by Gasteiger charge is -2.18. The predicted octanol–water partition coefficient (Wildman–Crippen LogP) is 3.14. The van der Waals surface area contributed by atoms with Crippen LogP contribution in [-0.2, 0) is 19.5 Å². The van der Waals surface area contributed by atoms with Crippen molar-refractivity contribution >= 4 is 22.9 Å². The summed E-state index contributed by atoms with van der Waals surface area (Å²) in [5.41, 5.74) is 2.92. The minimum Gasteiger partial charge on any atom is -0.292 e. The van der Waals surface area contributed by atoms with Crippen molar-refractivity contribution in [3.05, 3.63) is 44.9 Å².